The number of rotatable bonds is 6. The fraction of sp³-hybridized carbons (Fsp3) is 0.421. The second-order valence-corrected chi connectivity index (χ2v) is 6.31. The van der Waals surface area contributed by atoms with Gasteiger partial charge >= 0.3 is 5.97 Å². The van der Waals surface area contributed by atoms with Gasteiger partial charge in [-0.15, -0.1) is 0 Å². The summed E-state index contributed by atoms with van der Waals surface area (Å²) in [5.41, 5.74) is 3.30. The van der Waals surface area contributed by atoms with E-state index in [0.717, 1.165) is 17.0 Å². The fourth-order valence-electron chi connectivity index (χ4n) is 2.63. The van der Waals surface area contributed by atoms with Gasteiger partial charge in [0.25, 0.3) is 5.91 Å². The zero-order valence-corrected chi connectivity index (χ0v) is 15.4. The van der Waals surface area contributed by atoms with Crippen LogP contribution in [0.2, 0.25) is 0 Å². The SMILES string of the molecule is Cc1nn(C)c(C)c1NC(=O)[C@H](C)OC(=O)C[C@H](C)c1ccccc1. The number of carbonyl (C=O) groups excluding carboxylic acids is 2. The van der Waals surface area contributed by atoms with Crippen LogP contribution in [0.5, 0.6) is 0 Å². The van der Waals surface area contributed by atoms with Crippen molar-refractivity contribution in [3.05, 3.63) is 47.3 Å². The molecule has 6 nitrogen and oxygen atoms in total. The van der Waals surface area contributed by atoms with Gasteiger partial charge in [0.1, 0.15) is 0 Å². The lowest BCUT2D eigenvalue weighted by Gasteiger charge is -2.16. The number of nitrogens with zero attached hydrogens (tertiary/aromatic N) is 2. The van der Waals surface area contributed by atoms with Crippen molar-refractivity contribution in [1.82, 2.24) is 9.78 Å². The first-order valence-corrected chi connectivity index (χ1v) is 8.35. The van der Waals surface area contributed by atoms with Crippen molar-refractivity contribution in [3.8, 4) is 0 Å². The van der Waals surface area contributed by atoms with Crippen LogP contribution in [0.4, 0.5) is 5.69 Å². The van der Waals surface area contributed by atoms with Gasteiger partial charge in [0.05, 0.1) is 23.5 Å². The van der Waals surface area contributed by atoms with Crippen LogP contribution < -0.4 is 5.32 Å². The Labute approximate surface area is 148 Å². The molecule has 1 N–H and O–H groups in total. The molecule has 0 aliphatic carbocycles. The lowest BCUT2D eigenvalue weighted by atomic mass is 9.98. The molecule has 1 aromatic carbocycles. The van der Waals surface area contributed by atoms with E-state index in [1.165, 1.54) is 0 Å². The molecule has 0 fully saturated rings. The van der Waals surface area contributed by atoms with Crippen molar-refractivity contribution in [3.63, 3.8) is 0 Å². The number of hydrogen-bond donors (Lipinski definition) is 1. The molecule has 1 amide bonds. The Morgan fingerprint density at radius 3 is 2.40 bits per heavy atom. The van der Waals surface area contributed by atoms with Crippen LogP contribution in [-0.4, -0.2) is 27.8 Å². The van der Waals surface area contributed by atoms with Gasteiger partial charge in [-0.2, -0.15) is 5.10 Å². The molecule has 0 unspecified atom stereocenters. The molecule has 6 heteroatoms. The van der Waals surface area contributed by atoms with E-state index in [1.54, 1.807) is 11.6 Å². The van der Waals surface area contributed by atoms with Gasteiger partial charge in [-0.05, 0) is 32.3 Å². The molecule has 0 saturated heterocycles. The number of nitrogens with one attached hydrogen (secondary N) is 1. The average molecular weight is 343 g/mol. The van der Waals surface area contributed by atoms with E-state index in [0.29, 0.717) is 5.69 Å². The number of aromatic nitrogens is 2. The minimum absolute atomic E-state index is 0.0340. The molecule has 1 aromatic heterocycles. The highest BCUT2D eigenvalue weighted by Gasteiger charge is 2.22. The van der Waals surface area contributed by atoms with Gasteiger partial charge in [0.2, 0.25) is 0 Å². The maximum absolute atomic E-state index is 12.3. The molecule has 2 aromatic rings. The zero-order valence-electron chi connectivity index (χ0n) is 15.4. The molecule has 0 bridgehead atoms. The quantitative estimate of drug-likeness (QED) is 0.818. The Hall–Kier alpha value is -2.63. The largest absolute Gasteiger partial charge is 0.453 e. The van der Waals surface area contributed by atoms with Crippen LogP contribution in [0, 0.1) is 13.8 Å². The van der Waals surface area contributed by atoms with Crippen LogP contribution >= 0.6 is 0 Å². The number of ether oxygens (including phenoxy) is 1. The monoisotopic (exact) mass is 343 g/mol. The first-order chi connectivity index (χ1) is 11.8. The number of hydrogen-bond acceptors (Lipinski definition) is 4. The Morgan fingerprint density at radius 2 is 1.84 bits per heavy atom. The summed E-state index contributed by atoms with van der Waals surface area (Å²) in [6.45, 7) is 7.22. The highest BCUT2D eigenvalue weighted by Crippen LogP contribution is 2.21. The van der Waals surface area contributed by atoms with Crippen molar-refractivity contribution in [1.29, 1.82) is 0 Å². The summed E-state index contributed by atoms with van der Waals surface area (Å²) < 4.78 is 6.98. The third-order valence-electron chi connectivity index (χ3n) is 4.28. The number of esters is 1. The van der Waals surface area contributed by atoms with Crippen molar-refractivity contribution in [2.45, 2.75) is 46.1 Å². The predicted octanol–water partition coefficient (Wildman–Crippen LogP) is 3.10. The lowest BCUT2D eigenvalue weighted by Crippen LogP contribution is -2.30. The summed E-state index contributed by atoms with van der Waals surface area (Å²) in [6, 6.07) is 9.76. The average Bonchev–Trinajstić information content (AvgIpc) is 2.81. The van der Waals surface area contributed by atoms with Crippen molar-refractivity contribution in [2.24, 2.45) is 7.05 Å². The summed E-state index contributed by atoms with van der Waals surface area (Å²) in [6.07, 6.45) is -0.637. The van der Waals surface area contributed by atoms with E-state index in [1.807, 2.05) is 58.2 Å². The Morgan fingerprint density at radius 1 is 1.20 bits per heavy atom. The number of benzene rings is 1. The topological polar surface area (TPSA) is 73.2 Å². The molecule has 2 atom stereocenters. The summed E-state index contributed by atoms with van der Waals surface area (Å²) in [4.78, 5) is 24.4. The summed E-state index contributed by atoms with van der Waals surface area (Å²) in [5, 5.41) is 7.04. The van der Waals surface area contributed by atoms with Crippen LogP contribution in [0.3, 0.4) is 0 Å². The highest BCUT2D eigenvalue weighted by atomic mass is 16.5. The maximum atomic E-state index is 12.3. The smallest absolute Gasteiger partial charge is 0.307 e. The number of anilines is 1. The van der Waals surface area contributed by atoms with E-state index in [9.17, 15) is 9.59 Å². The molecule has 0 aliphatic rings. The molecule has 0 radical (unpaired) electrons. The fourth-order valence-corrected chi connectivity index (χ4v) is 2.63. The first-order valence-electron chi connectivity index (χ1n) is 8.35. The van der Waals surface area contributed by atoms with Gasteiger partial charge in [0, 0.05) is 7.05 Å². The Kier molecular flexibility index (Phi) is 5.96. The van der Waals surface area contributed by atoms with E-state index < -0.39 is 12.1 Å². The molecule has 0 aliphatic heterocycles. The van der Waals surface area contributed by atoms with Crippen molar-refractivity contribution < 1.29 is 14.3 Å². The minimum atomic E-state index is -0.866. The molecule has 25 heavy (non-hydrogen) atoms. The molecular weight excluding hydrogens is 318 g/mol. The molecule has 1 heterocycles. The van der Waals surface area contributed by atoms with Crippen molar-refractivity contribution in [2.75, 3.05) is 5.32 Å². The van der Waals surface area contributed by atoms with Crippen LogP contribution in [0.15, 0.2) is 30.3 Å². The second kappa shape index (κ2) is 7.96. The van der Waals surface area contributed by atoms with Gasteiger partial charge in [-0.25, -0.2) is 0 Å². The van der Waals surface area contributed by atoms with E-state index in [-0.39, 0.29) is 18.2 Å². The van der Waals surface area contributed by atoms with Crippen LogP contribution in [-0.2, 0) is 21.4 Å². The number of aryl methyl sites for hydroxylation is 2. The standard InChI is InChI=1S/C19H25N3O3/c1-12(16-9-7-6-8-10-16)11-17(23)25-15(4)19(24)20-18-13(2)21-22(5)14(18)3/h6-10,12,15H,11H2,1-5H3,(H,20,24)/t12-,15-/m0/s1. The minimum Gasteiger partial charge on any atom is -0.453 e. The zero-order chi connectivity index (χ0) is 18.6. The van der Waals surface area contributed by atoms with Gasteiger partial charge in [-0.3, -0.25) is 14.3 Å². The lowest BCUT2D eigenvalue weighted by molar-refractivity contribution is -0.153. The van der Waals surface area contributed by atoms with Crippen molar-refractivity contribution >= 4 is 17.6 Å². The number of amides is 1. The second-order valence-electron chi connectivity index (χ2n) is 6.31. The summed E-state index contributed by atoms with van der Waals surface area (Å²) in [5.74, 6) is -0.717. The highest BCUT2D eigenvalue weighted by molar-refractivity contribution is 5.96. The normalized spacial score (nSPS) is 13.2. The third kappa shape index (κ3) is 4.68. The van der Waals surface area contributed by atoms with Gasteiger partial charge in [0.15, 0.2) is 6.10 Å². The first kappa shape index (κ1) is 18.7. The molecule has 0 spiro atoms. The number of carbonyl (C=O) groups is 2. The van der Waals surface area contributed by atoms with Crippen LogP contribution in [0.25, 0.3) is 0 Å². The van der Waals surface area contributed by atoms with E-state index in [4.69, 9.17) is 4.74 Å². The molecule has 0 saturated carbocycles. The predicted molar refractivity (Wildman–Crippen MR) is 96.3 cm³/mol. The van der Waals surface area contributed by atoms with Crippen LogP contribution in [0.1, 0.15) is 43.1 Å². The molecular formula is C19H25N3O3. The summed E-state index contributed by atoms with van der Waals surface area (Å²) in [7, 11) is 1.81. The Bertz CT molecular complexity index is 753. The molecule has 134 valence electrons. The third-order valence-corrected chi connectivity index (χ3v) is 4.28. The summed E-state index contributed by atoms with van der Waals surface area (Å²) >= 11 is 0. The van der Waals surface area contributed by atoms with Gasteiger partial charge < -0.3 is 10.1 Å². The maximum Gasteiger partial charge on any atom is 0.307 e. The van der Waals surface area contributed by atoms with E-state index in [2.05, 4.69) is 10.4 Å². The van der Waals surface area contributed by atoms with E-state index >= 15 is 0 Å². The van der Waals surface area contributed by atoms with Gasteiger partial charge in [-0.1, -0.05) is 37.3 Å². The Balaban J connectivity index is 1.91. The molecule has 2 rings (SSSR count).